The Bertz CT molecular complexity index is 520. The summed E-state index contributed by atoms with van der Waals surface area (Å²) in [5.41, 5.74) is 0.914. The van der Waals surface area contributed by atoms with E-state index in [2.05, 4.69) is 6.92 Å². The van der Waals surface area contributed by atoms with Crippen molar-refractivity contribution in [3.8, 4) is 11.5 Å². The van der Waals surface area contributed by atoms with E-state index in [0.29, 0.717) is 6.54 Å². The van der Waals surface area contributed by atoms with E-state index in [1.54, 1.807) is 0 Å². The minimum absolute atomic E-state index is 0.162. The molecular formula is C16H21NO3. The minimum atomic E-state index is -0.162. The van der Waals surface area contributed by atoms with Crippen molar-refractivity contribution in [3.63, 3.8) is 0 Å². The molecule has 0 spiro atoms. The molecule has 1 aromatic carbocycles. The fourth-order valence-corrected chi connectivity index (χ4v) is 3.21. The predicted octanol–water partition coefficient (Wildman–Crippen LogP) is 2.95. The van der Waals surface area contributed by atoms with Gasteiger partial charge in [-0.3, -0.25) is 4.79 Å². The number of carbonyl (C=O) groups is 1. The molecule has 1 heterocycles. The molecule has 1 aliphatic heterocycles. The van der Waals surface area contributed by atoms with E-state index < -0.39 is 0 Å². The molecule has 0 saturated heterocycles. The maximum absolute atomic E-state index is 12.6. The van der Waals surface area contributed by atoms with Gasteiger partial charge < -0.3 is 14.4 Å². The van der Waals surface area contributed by atoms with Crippen LogP contribution < -0.4 is 9.47 Å². The zero-order chi connectivity index (χ0) is 14.2. The summed E-state index contributed by atoms with van der Waals surface area (Å²) < 4.78 is 10.7. The fourth-order valence-electron chi connectivity index (χ4n) is 3.21. The first kappa shape index (κ1) is 13.3. The second-order valence-corrected chi connectivity index (χ2v) is 6.12. The van der Waals surface area contributed by atoms with Gasteiger partial charge in [0.15, 0.2) is 11.5 Å². The van der Waals surface area contributed by atoms with Gasteiger partial charge in [0.25, 0.3) is 0 Å². The van der Waals surface area contributed by atoms with Crippen LogP contribution in [0.5, 0.6) is 11.5 Å². The largest absolute Gasteiger partial charge is 0.454 e. The molecule has 0 unspecified atom stereocenters. The number of hydrogen-bond donors (Lipinski definition) is 0. The van der Waals surface area contributed by atoms with E-state index in [4.69, 9.17) is 9.47 Å². The molecule has 0 bridgehead atoms. The monoisotopic (exact) mass is 275 g/mol. The lowest BCUT2D eigenvalue weighted by molar-refractivity contribution is -0.140. The van der Waals surface area contributed by atoms with E-state index >= 15 is 0 Å². The Hall–Kier alpha value is -1.71. The van der Waals surface area contributed by atoms with Crippen molar-refractivity contribution in [2.75, 3.05) is 13.8 Å². The van der Waals surface area contributed by atoms with Gasteiger partial charge in [-0.05, 0) is 30.5 Å². The van der Waals surface area contributed by atoms with Crippen LogP contribution in [-0.4, -0.2) is 24.6 Å². The van der Waals surface area contributed by atoms with Gasteiger partial charge in [0, 0.05) is 19.0 Å². The maximum Gasteiger partial charge on any atom is 0.231 e. The van der Waals surface area contributed by atoms with Crippen LogP contribution in [0, 0.1) is 5.41 Å². The molecule has 1 aliphatic carbocycles. The average Bonchev–Trinajstić information content (AvgIpc) is 3.06. The van der Waals surface area contributed by atoms with E-state index in [0.717, 1.165) is 29.9 Å². The standard InChI is InChI=1S/C16H21NO3/c1-16(7-3-4-8-16)15(18)17(2)10-12-5-6-13-14(9-12)20-11-19-13/h5-6,9H,3-4,7-8,10-11H2,1-2H3. The molecule has 1 amide bonds. The number of carbonyl (C=O) groups excluding carboxylic acids is 1. The van der Waals surface area contributed by atoms with Crippen LogP contribution in [0.15, 0.2) is 18.2 Å². The zero-order valence-electron chi connectivity index (χ0n) is 12.1. The average molecular weight is 275 g/mol. The van der Waals surface area contributed by atoms with Crippen molar-refractivity contribution in [1.29, 1.82) is 0 Å². The highest BCUT2D eigenvalue weighted by molar-refractivity contribution is 5.82. The highest BCUT2D eigenvalue weighted by Gasteiger charge is 2.38. The molecule has 0 radical (unpaired) electrons. The van der Waals surface area contributed by atoms with Crippen molar-refractivity contribution in [2.24, 2.45) is 5.41 Å². The van der Waals surface area contributed by atoms with Crippen LogP contribution in [-0.2, 0) is 11.3 Å². The van der Waals surface area contributed by atoms with Crippen LogP contribution >= 0.6 is 0 Å². The van der Waals surface area contributed by atoms with Gasteiger partial charge in [0.2, 0.25) is 12.7 Å². The molecule has 3 rings (SSSR count). The SMILES string of the molecule is CN(Cc1ccc2c(c1)OCO2)C(=O)C1(C)CCCC1. The number of rotatable bonds is 3. The molecular weight excluding hydrogens is 254 g/mol. The first-order valence-electron chi connectivity index (χ1n) is 7.23. The fraction of sp³-hybridized carbons (Fsp3) is 0.562. The molecule has 2 aliphatic rings. The van der Waals surface area contributed by atoms with Crippen LogP contribution in [0.3, 0.4) is 0 Å². The third kappa shape index (κ3) is 2.35. The highest BCUT2D eigenvalue weighted by Crippen LogP contribution is 2.39. The second-order valence-electron chi connectivity index (χ2n) is 6.12. The lowest BCUT2D eigenvalue weighted by Gasteiger charge is -2.29. The Morgan fingerprint density at radius 1 is 1.25 bits per heavy atom. The molecule has 4 heteroatoms. The highest BCUT2D eigenvalue weighted by atomic mass is 16.7. The van der Waals surface area contributed by atoms with E-state index in [1.165, 1.54) is 12.8 Å². The van der Waals surface area contributed by atoms with Gasteiger partial charge >= 0.3 is 0 Å². The molecule has 1 aromatic rings. The zero-order valence-corrected chi connectivity index (χ0v) is 12.1. The number of amides is 1. The lowest BCUT2D eigenvalue weighted by atomic mass is 9.87. The van der Waals surface area contributed by atoms with Crippen molar-refractivity contribution in [3.05, 3.63) is 23.8 Å². The summed E-state index contributed by atoms with van der Waals surface area (Å²) in [6.45, 7) is 3.00. The Morgan fingerprint density at radius 3 is 2.70 bits per heavy atom. The molecule has 0 aromatic heterocycles. The summed E-state index contributed by atoms with van der Waals surface area (Å²) in [7, 11) is 1.89. The Balaban J connectivity index is 1.69. The first-order chi connectivity index (χ1) is 9.58. The summed E-state index contributed by atoms with van der Waals surface area (Å²) in [4.78, 5) is 14.4. The van der Waals surface area contributed by atoms with Crippen LogP contribution in [0.1, 0.15) is 38.2 Å². The maximum atomic E-state index is 12.6. The van der Waals surface area contributed by atoms with E-state index in [9.17, 15) is 4.79 Å². The Labute approximate surface area is 119 Å². The first-order valence-corrected chi connectivity index (χ1v) is 7.23. The second kappa shape index (κ2) is 5.00. The van der Waals surface area contributed by atoms with Crippen LogP contribution in [0.4, 0.5) is 0 Å². The summed E-state index contributed by atoms with van der Waals surface area (Å²) >= 11 is 0. The molecule has 20 heavy (non-hydrogen) atoms. The molecule has 4 nitrogen and oxygen atoms in total. The molecule has 0 N–H and O–H groups in total. The van der Waals surface area contributed by atoms with Crippen LogP contribution in [0.2, 0.25) is 0 Å². The number of fused-ring (bicyclic) bond motifs is 1. The van der Waals surface area contributed by atoms with E-state index in [1.807, 2.05) is 30.1 Å². The normalized spacial score (nSPS) is 19.1. The summed E-state index contributed by atoms with van der Waals surface area (Å²) in [5, 5.41) is 0. The van der Waals surface area contributed by atoms with Crippen molar-refractivity contribution in [2.45, 2.75) is 39.2 Å². The van der Waals surface area contributed by atoms with Gasteiger partial charge in [0.1, 0.15) is 0 Å². The smallest absolute Gasteiger partial charge is 0.231 e. The Morgan fingerprint density at radius 2 is 1.95 bits per heavy atom. The summed E-state index contributed by atoms with van der Waals surface area (Å²) in [5.74, 6) is 1.81. The number of benzene rings is 1. The van der Waals surface area contributed by atoms with Crippen molar-refractivity contribution < 1.29 is 14.3 Å². The topological polar surface area (TPSA) is 38.8 Å². The quantitative estimate of drug-likeness (QED) is 0.851. The third-order valence-electron chi connectivity index (χ3n) is 4.43. The Kier molecular flexibility index (Phi) is 3.32. The van der Waals surface area contributed by atoms with E-state index in [-0.39, 0.29) is 18.1 Å². The third-order valence-corrected chi connectivity index (χ3v) is 4.43. The predicted molar refractivity (Wildman–Crippen MR) is 75.6 cm³/mol. The van der Waals surface area contributed by atoms with Gasteiger partial charge in [-0.15, -0.1) is 0 Å². The minimum Gasteiger partial charge on any atom is -0.454 e. The molecule has 0 atom stereocenters. The summed E-state index contributed by atoms with van der Waals surface area (Å²) in [6.07, 6.45) is 4.36. The number of ether oxygens (including phenoxy) is 2. The number of hydrogen-bond acceptors (Lipinski definition) is 3. The summed E-state index contributed by atoms with van der Waals surface area (Å²) in [6, 6.07) is 5.87. The molecule has 108 valence electrons. The van der Waals surface area contributed by atoms with Crippen molar-refractivity contribution in [1.82, 2.24) is 4.90 Å². The van der Waals surface area contributed by atoms with Crippen molar-refractivity contribution >= 4 is 5.91 Å². The van der Waals surface area contributed by atoms with Gasteiger partial charge in [0.05, 0.1) is 0 Å². The van der Waals surface area contributed by atoms with Crippen LogP contribution in [0.25, 0.3) is 0 Å². The van der Waals surface area contributed by atoms with Gasteiger partial charge in [-0.25, -0.2) is 0 Å². The number of nitrogens with zero attached hydrogens (tertiary/aromatic N) is 1. The van der Waals surface area contributed by atoms with Gasteiger partial charge in [-0.1, -0.05) is 25.8 Å². The molecule has 1 saturated carbocycles. The van der Waals surface area contributed by atoms with Gasteiger partial charge in [-0.2, -0.15) is 0 Å². The lowest BCUT2D eigenvalue weighted by Crippen LogP contribution is -2.38. The molecule has 1 fully saturated rings.